The summed E-state index contributed by atoms with van der Waals surface area (Å²) in [5, 5.41) is 9.69. The van der Waals surface area contributed by atoms with E-state index < -0.39 is 16.1 Å². The molecule has 0 spiro atoms. The lowest BCUT2D eigenvalue weighted by Gasteiger charge is -2.12. The molecule has 0 aromatic heterocycles. The SMILES string of the molecule is COc1ccc(S(=O)(=O)NCC(O)C2CC2)cc1C. The number of ether oxygens (including phenoxy) is 1. The molecular formula is C13H19NO4S. The van der Waals surface area contributed by atoms with Crippen LogP contribution in [0, 0.1) is 12.8 Å². The highest BCUT2D eigenvalue weighted by Gasteiger charge is 2.30. The van der Waals surface area contributed by atoms with Crippen molar-refractivity contribution in [2.45, 2.75) is 30.8 Å². The van der Waals surface area contributed by atoms with Crippen molar-refractivity contribution in [1.29, 1.82) is 0 Å². The molecule has 1 aliphatic carbocycles. The summed E-state index contributed by atoms with van der Waals surface area (Å²) >= 11 is 0. The number of aryl methyl sites for hydroxylation is 1. The van der Waals surface area contributed by atoms with Gasteiger partial charge in [-0.1, -0.05) is 0 Å². The highest BCUT2D eigenvalue weighted by molar-refractivity contribution is 7.89. The molecule has 1 unspecified atom stereocenters. The van der Waals surface area contributed by atoms with Gasteiger partial charge in [0.1, 0.15) is 5.75 Å². The molecule has 0 heterocycles. The van der Waals surface area contributed by atoms with Crippen LogP contribution in [0.4, 0.5) is 0 Å². The van der Waals surface area contributed by atoms with Crippen LogP contribution in [0.1, 0.15) is 18.4 Å². The van der Waals surface area contributed by atoms with Crippen molar-refractivity contribution in [2.75, 3.05) is 13.7 Å². The number of hydrogen-bond donors (Lipinski definition) is 2. The van der Waals surface area contributed by atoms with Gasteiger partial charge in [-0.15, -0.1) is 0 Å². The van der Waals surface area contributed by atoms with Crippen LogP contribution in [0.25, 0.3) is 0 Å². The van der Waals surface area contributed by atoms with Gasteiger partial charge < -0.3 is 9.84 Å². The van der Waals surface area contributed by atoms with Gasteiger partial charge in [-0.3, -0.25) is 0 Å². The summed E-state index contributed by atoms with van der Waals surface area (Å²) in [5.74, 6) is 0.900. The first-order chi connectivity index (χ1) is 8.94. The standard InChI is InChI=1S/C13H19NO4S/c1-9-7-11(5-6-13(9)18-2)19(16,17)14-8-12(15)10-3-4-10/h5-7,10,12,14-15H,3-4,8H2,1-2H3. The Labute approximate surface area is 113 Å². The van der Waals surface area contributed by atoms with E-state index in [0.717, 1.165) is 18.4 Å². The van der Waals surface area contributed by atoms with Crippen molar-refractivity contribution in [1.82, 2.24) is 4.72 Å². The average molecular weight is 285 g/mol. The number of aliphatic hydroxyl groups excluding tert-OH is 1. The Balaban J connectivity index is 2.07. The lowest BCUT2D eigenvalue weighted by atomic mass is 10.2. The van der Waals surface area contributed by atoms with Gasteiger partial charge in [0.05, 0.1) is 18.1 Å². The maximum Gasteiger partial charge on any atom is 0.240 e. The van der Waals surface area contributed by atoms with Crippen LogP contribution in [-0.4, -0.2) is 33.3 Å². The van der Waals surface area contributed by atoms with Crippen LogP contribution >= 0.6 is 0 Å². The van der Waals surface area contributed by atoms with Gasteiger partial charge in [0.2, 0.25) is 10.0 Å². The van der Waals surface area contributed by atoms with E-state index in [1.165, 1.54) is 6.07 Å². The predicted octanol–water partition coefficient (Wildman–Crippen LogP) is 1.05. The minimum Gasteiger partial charge on any atom is -0.496 e. The third-order valence-corrected chi connectivity index (χ3v) is 4.75. The highest BCUT2D eigenvalue weighted by Crippen LogP contribution is 2.32. The fraction of sp³-hybridized carbons (Fsp3) is 0.538. The number of benzene rings is 1. The zero-order valence-electron chi connectivity index (χ0n) is 11.1. The molecule has 0 radical (unpaired) electrons. The predicted molar refractivity (Wildman–Crippen MR) is 71.7 cm³/mol. The van der Waals surface area contributed by atoms with Gasteiger partial charge in [0, 0.05) is 6.54 Å². The smallest absolute Gasteiger partial charge is 0.240 e. The summed E-state index contributed by atoms with van der Waals surface area (Å²) in [5.41, 5.74) is 0.758. The number of nitrogens with one attached hydrogen (secondary N) is 1. The first-order valence-electron chi connectivity index (χ1n) is 6.26. The molecule has 1 aromatic rings. The third-order valence-electron chi connectivity index (χ3n) is 3.33. The summed E-state index contributed by atoms with van der Waals surface area (Å²) in [6.45, 7) is 1.86. The minimum absolute atomic E-state index is 0.0675. The fourth-order valence-electron chi connectivity index (χ4n) is 1.94. The molecule has 0 aliphatic heterocycles. The number of rotatable bonds is 6. The first kappa shape index (κ1) is 14.3. The van der Waals surface area contributed by atoms with Gasteiger partial charge in [-0.05, 0) is 49.4 Å². The molecule has 2 rings (SSSR count). The zero-order valence-corrected chi connectivity index (χ0v) is 11.9. The van der Waals surface area contributed by atoms with Crippen molar-refractivity contribution in [3.63, 3.8) is 0 Å². The average Bonchev–Trinajstić information content (AvgIpc) is 3.20. The maximum absolute atomic E-state index is 12.1. The summed E-state index contributed by atoms with van der Waals surface area (Å²) < 4.78 is 31.7. The first-order valence-corrected chi connectivity index (χ1v) is 7.74. The zero-order chi connectivity index (χ0) is 14.0. The van der Waals surface area contributed by atoms with E-state index in [4.69, 9.17) is 4.74 Å². The Kier molecular flexibility index (Phi) is 4.13. The van der Waals surface area contributed by atoms with Crippen molar-refractivity contribution in [3.05, 3.63) is 23.8 Å². The minimum atomic E-state index is -3.57. The molecule has 5 nitrogen and oxygen atoms in total. The van der Waals surface area contributed by atoms with E-state index in [-0.39, 0.29) is 17.4 Å². The summed E-state index contributed by atoms with van der Waals surface area (Å²) in [6.07, 6.45) is 1.36. The van der Waals surface area contributed by atoms with Crippen LogP contribution in [0.5, 0.6) is 5.75 Å². The third kappa shape index (κ3) is 3.46. The van der Waals surface area contributed by atoms with Gasteiger partial charge in [0.15, 0.2) is 0 Å². The molecule has 19 heavy (non-hydrogen) atoms. The lowest BCUT2D eigenvalue weighted by molar-refractivity contribution is 0.155. The molecule has 1 aliphatic rings. The molecule has 2 N–H and O–H groups in total. The maximum atomic E-state index is 12.1. The van der Waals surface area contributed by atoms with E-state index in [1.807, 2.05) is 0 Å². The molecule has 0 amide bonds. The Morgan fingerprint density at radius 1 is 1.47 bits per heavy atom. The van der Waals surface area contributed by atoms with E-state index in [9.17, 15) is 13.5 Å². The molecular weight excluding hydrogens is 266 g/mol. The Hall–Kier alpha value is -1.11. The van der Waals surface area contributed by atoms with Crippen LogP contribution in [0.3, 0.4) is 0 Å². The van der Waals surface area contributed by atoms with Crippen LogP contribution in [0.15, 0.2) is 23.1 Å². The normalized spacial score (nSPS) is 17.2. The van der Waals surface area contributed by atoms with Crippen molar-refractivity contribution in [2.24, 2.45) is 5.92 Å². The quantitative estimate of drug-likeness (QED) is 0.819. The van der Waals surface area contributed by atoms with Crippen LogP contribution < -0.4 is 9.46 Å². The highest BCUT2D eigenvalue weighted by atomic mass is 32.2. The van der Waals surface area contributed by atoms with E-state index >= 15 is 0 Å². The molecule has 0 saturated heterocycles. The Morgan fingerprint density at radius 3 is 2.68 bits per heavy atom. The number of hydrogen-bond acceptors (Lipinski definition) is 4. The van der Waals surface area contributed by atoms with Crippen molar-refractivity contribution < 1.29 is 18.3 Å². The molecule has 106 valence electrons. The fourth-order valence-corrected chi connectivity index (χ4v) is 3.08. The largest absolute Gasteiger partial charge is 0.496 e. The topological polar surface area (TPSA) is 75.6 Å². The number of sulfonamides is 1. The van der Waals surface area contributed by atoms with Gasteiger partial charge >= 0.3 is 0 Å². The van der Waals surface area contributed by atoms with Gasteiger partial charge in [-0.25, -0.2) is 13.1 Å². The van der Waals surface area contributed by atoms with Crippen LogP contribution in [-0.2, 0) is 10.0 Å². The summed E-state index contributed by atoms with van der Waals surface area (Å²) in [7, 11) is -2.03. The Morgan fingerprint density at radius 2 is 2.16 bits per heavy atom. The van der Waals surface area contributed by atoms with E-state index in [0.29, 0.717) is 5.75 Å². The second kappa shape index (κ2) is 5.48. The van der Waals surface area contributed by atoms with Crippen molar-refractivity contribution >= 4 is 10.0 Å². The van der Waals surface area contributed by atoms with E-state index in [2.05, 4.69) is 4.72 Å². The lowest BCUT2D eigenvalue weighted by Crippen LogP contribution is -2.33. The van der Waals surface area contributed by atoms with Gasteiger partial charge in [-0.2, -0.15) is 0 Å². The monoisotopic (exact) mass is 285 g/mol. The van der Waals surface area contributed by atoms with E-state index in [1.54, 1.807) is 26.2 Å². The van der Waals surface area contributed by atoms with Crippen LogP contribution in [0.2, 0.25) is 0 Å². The second-order valence-corrected chi connectivity index (χ2v) is 6.66. The molecule has 6 heteroatoms. The van der Waals surface area contributed by atoms with Crippen molar-refractivity contribution in [3.8, 4) is 5.75 Å². The molecule has 0 bridgehead atoms. The second-order valence-electron chi connectivity index (χ2n) is 4.89. The number of methoxy groups -OCH3 is 1. The molecule has 1 fully saturated rings. The van der Waals surface area contributed by atoms with Gasteiger partial charge in [0.25, 0.3) is 0 Å². The summed E-state index contributed by atoms with van der Waals surface area (Å²) in [6, 6.07) is 4.68. The Bertz CT molecular complexity index is 552. The molecule has 1 atom stereocenters. The molecule has 1 aromatic carbocycles. The number of aliphatic hydroxyl groups is 1. The summed E-state index contributed by atoms with van der Waals surface area (Å²) in [4.78, 5) is 0.189. The molecule has 1 saturated carbocycles.